The Bertz CT molecular complexity index is 421. The molecule has 1 amide bonds. The van der Waals surface area contributed by atoms with Crippen LogP contribution in [-0.4, -0.2) is 32.1 Å². The fraction of sp³-hybridized carbons (Fsp3) is 0.462. The maximum atomic E-state index is 11.8. The molecule has 0 fully saturated rings. The van der Waals surface area contributed by atoms with Gasteiger partial charge < -0.3 is 10.5 Å². The maximum absolute atomic E-state index is 11.8. The van der Waals surface area contributed by atoms with Crippen molar-refractivity contribution in [1.82, 2.24) is 10.4 Å². The minimum absolute atomic E-state index is 0.232. The van der Waals surface area contributed by atoms with Crippen LogP contribution in [0.2, 0.25) is 0 Å². The first-order chi connectivity index (χ1) is 8.36. The quantitative estimate of drug-likeness (QED) is 0.780. The molecule has 0 heterocycles. The molecule has 0 saturated carbocycles. The van der Waals surface area contributed by atoms with Crippen molar-refractivity contribution in [2.24, 2.45) is 5.73 Å². The number of amides is 1. The van der Waals surface area contributed by atoms with Crippen LogP contribution in [0.4, 0.5) is 0 Å². The van der Waals surface area contributed by atoms with E-state index >= 15 is 0 Å². The normalized spacial score (nSPS) is 12.4. The first-order valence-corrected chi connectivity index (χ1v) is 5.75. The fourth-order valence-electron chi connectivity index (χ4n) is 1.93. The van der Waals surface area contributed by atoms with Crippen molar-refractivity contribution in [1.29, 1.82) is 0 Å². The van der Waals surface area contributed by atoms with Gasteiger partial charge in [-0.15, -0.1) is 0 Å². The van der Waals surface area contributed by atoms with Gasteiger partial charge in [-0.3, -0.25) is 10.2 Å². The number of ether oxygens (including phenoxy) is 1. The highest BCUT2D eigenvalue weighted by Crippen LogP contribution is 2.26. The summed E-state index contributed by atoms with van der Waals surface area (Å²) in [5.41, 5.74) is 11.3. The number of hydrogen-bond donors (Lipinski definition) is 2. The first-order valence-electron chi connectivity index (χ1n) is 5.75. The van der Waals surface area contributed by atoms with Crippen LogP contribution < -0.4 is 15.9 Å². The zero-order chi connectivity index (χ0) is 13.9. The number of benzene rings is 1. The van der Waals surface area contributed by atoms with Gasteiger partial charge in [-0.2, -0.15) is 0 Å². The Labute approximate surface area is 108 Å². The summed E-state index contributed by atoms with van der Waals surface area (Å²) in [4.78, 5) is 11.8. The van der Waals surface area contributed by atoms with Crippen LogP contribution >= 0.6 is 0 Å². The zero-order valence-corrected chi connectivity index (χ0v) is 11.6. The topological polar surface area (TPSA) is 67.6 Å². The monoisotopic (exact) mass is 251 g/mol. The molecule has 1 aromatic rings. The van der Waals surface area contributed by atoms with Crippen molar-refractivity contribution in [2.45, 2.75) is 19.9 Å². The molecule has 0 aliphatic carbocycles. The standard InChI is InChI=1S/C13H21N3O2/c1-8-6-10(7-9(2)12(8)18-5)11(14)13(17)15-16(3)4/h6-7,11H,14H2,1-5H3,(H,15,17). The highest BCUT2D eigenvalue weighted by molar-refractivity contribution is 5.82. The SMILES string of the molecule is COc1c(C)cc(C(N)C(=O)NN(C)C)cc1C. The van der Waals surface area contributed by atoms with Gasteiger partial charge in [0.25, 0.3) is 5.91 Å². The lowest BCUT2D eigenvalue weighted by Gasteiger charge is -2.18. The summed E-state index contributed by atoms with van der Waals surface area (Å²) < 4.78 is 5.29. The Balaban J connectivity index is 3.00. The molecule has 0 aromatic heterocycles. The van der Waals surface area contributed by atoms with E-state index in [9.17, 15) is 4.79 Å². The van der Waals surface area contributed by atoms with Crippen molar-refractivity contribution in [3.05, 3.63) is 28.8 Å². The molecule has 5 heteroatoms. The number of methoxy groups -OCH3 is 1. The van der Waals surface area contributed by atoms with Crippen LogP contribution in [0.5, 0.6) is 5.75 Å². The molecule has 0 bridgehead atoms. The van der Waals surface area contributed by atoms with Gasteiger partial charge >= 0.3 is 0 Å². The minimum Gasteiger partial charge on any atom is -0.496 e. The maximum Gasteiger partial charge on any atom is 0.255 e. The molecular formula is C13H21N3O2. The summed E-state index contributed by atoms with van der Waals surface area (Å²) in [6, 6.07) is 3.08. The van der Waals surface area contributed by atoms with Gasteiger partial charge in [-0.1, -0.05) is 12.1 Å². The van der Waals surface area contributed by atoms with Gasteiger partial charge in [0.05, 0.1) is 7.11 Å². The van der Waals surface area contributed by atoms with Gasteiger partial charge in [0.1, 0.15) is 11.8 Å². The molecule has 0 radical (unpaired) electrons. The Morgan fingerprint density at radius 1 is 1.33 bits per heavy atom. The highest BCUT2D eigenvalue weighted by Gasteiger charge is 2.18. The van der Waals surface area contributed by atoms with E-state index in [-0.39, 0.29) is 5.91 Å². The molecule has 0 spiro atoms. The summed E-state index contributed by atoms with van der Waals surface area (Å²) >= 11 is 0. The summed E-state index contributed by atoms with van der Waals surface area (Å²) in [6.45, 7) is 3.87. The zero-order valence-electron chi connectivity index (χ0n) is 11.6. The van der Waals surface area contributed by atoms with Gasteiger partial charge in [-0.05, 0) is 30.5 Å². The lowest BCUT2D eigenvalue weighted by molar-refractivity contribution is -0.126. The van der Waals surface area contributed by atoms with Crippen LogP contribution in [0.3, 0.4) is 0 Å². The predicted molar refractivity (Wildman–Crippen MR) is 71.2 cm³/mol. The second-order valence-electron chi connectivity index (χ2n) is 4.54. The molecule has 0 aliphatic rings. The largest absolute Gasteiger partial charge is 0.496 e. The lowest BCUT2D eigenvalue weighted by Crippen LogP contribution is -2.42. The molecule has 1 rings (SSSR count). The van der Waals surface area contributed by atoms with Crippen molar-refractivity contribution in [3.63, 3.8) is 0 Å². The number of carbonyl (C=O) groups is 1. The third kappa shape index (κ3) is 3.21. The van der Waals surface area contributed by atoms with Gasteiger partial charge in [0, 0.05) is 14.1 Å². The van der Waals surface area contributed by atoms with Crippen LogP contribution in [-0.2, 0) is 4.79 Å². The number of hydrogen-bond acceptors (Lipinski definition) is 4. The van der Waals surface area contributed by atoms with Crippen LogP contribution in [0.1, 0.15) is 22.7 Å². The molecule has 1 atom stereocenters. The fourth-order valence-corrected chi connectivity index (χ4v) is 1.93. The molecule has 3 N–H and O–H groups in total. The number of hydrazine groups is 1. The first kappa shape index (κ1) is 14.5. The summed E-state index contributed by atoms with van der Waals surface area (Å²) in [7, 11) is 5.12. The second kappa shape index (κ2) is 5.84. The average molecular weight is 251 g/mol. The van der Waals surface area contributed by atoms with E-state index in [4.69, 9.17) is 10.5 Å². The molecular weight excluding hydrogens is 230 g/mol. The van der Waals surface area contributed by atoms with E-state index in [0.29, 0.717) is 0 Å². The van der Waals surface area contributed by atoms with E-state index in [2.05, 4.69) is 5.43 Å². The third-order valence-electron chi connectivity index (χ3n) is 2.66. The van der Waals surface area contributed by atoms with Crippen LogP contribution in [0, 0.1) is 13.8 Å². The van der Waals surface area contributed by atoms with E-state index in [0.717, 1.165) is 22.4 Å². The predicted octanol–water partition coefficient (Wildman–Crippen LogP) is 0.905. The number of rotatable bonds is 4. The van der Waals surface area contributed by atoms with Crippen molar-refractivity contribution < 1.29 is 9.53 Å². The van der Waals surface area contributed by atoms with Crippen molar-refractivity contribution in [2.75, 3.05) is 21.2 Å². The summed E-state index contributed by atoms with van der Waals surface area (Å²) in [5.74, 6) is 0.600. The van der Waals surface area contributed by atoms with E-state index in [1.165, 1.54) is 0 Å². The van der Waals surface area contributed by atoms with Crippen LogP contribution in [0.15, 0.2) is 12.1 Å². The van der Waals surface area contributed by atoms with Crippen LogP contribution in [0.25, 0.3) is 0 Å². The second-order valence-corrected chi connectivity index (χ2v) is 4.54. The lowest BCUT2D eigenvalue weighted by atomic mass is 10.0. The Morgan fingerprint density at radius 2 is 1.83 bits per heavy atom. The number of nitrogens with zero attached hydrogens (tertiary/aromatic N) is 1. The van der Waals surface area contributed by atoms with E-state index < -0.39 is 6.04 Å². The molecule has 18 heavy (non-hydrogen) atoms. The average Bonchev–Trinajstić information content (AvgIpc) is 2.26. The minimum atomic E-state index is -0.685. The molecule has 0 aliphatic heterocycles. The van der Waals surface area contributed by atoms with Gasteiger partial charge in [0.2, 0.25) is 0 Å². The van der Waals surface area contributed by atoms with Crippen molar-refractivity contribution >= 4 is 5.91 Å². The van der Waals surface area contributed by atoms with E-state index in [1.54, 1.807) is 26.2 Å². The smallest absolute Gasteiger partial charge is 0.255 e. The summed E-state index contributed by atoms with van der Waals surface area (Å²) in [6.07, 6.45) is 0. The van der Waals surface area contributed by atoms with E-state index in [1.807, 2.05) is 26.0 Å². The summed E-state index contributed by atoms with van der Waals surface area (Å²) in [5, 5.41) is 1.57. The molecule has 100 valence electrons. The molecule has 5 nitrogen and oxygen atoms in total. The molecule has 0 saturated heterocycles. The Kier molecular flexibility index (Phi) is 4.69. The Morgan fingerprint density at radius 3 is 2.22 bits per heavy atom. The third-order valence-corrected chi connectivity index (χ3v) is 2.66. The highest BCUT2D eigenvalue weighted by atomic mass is 16.5. The van der Waals surface area contributed by atoms with Crippen molar-refractivity contribution in [3.8, 4) is 5.75 Å². The molecule has 1 aromatic carbocycles. The number of carbonyl (C=O) groups excluding carboxylic acids is 1. The number of aryl methyl sites for hydroxylation is 2. The number of nitrogens with two attached hydrogens (primary N) is 1. The van der Waals surface area contributed by atoms with Gasteiger partial charge in [0.15, 0.2) is 0 Å². The molecule has 1 unspecified atom stereocenters. The number of nitrogens with one attached hydrogen (secondary N) is 1. The van der Waals surface area contributed by atoms with Gasteiger partial charge in [-0.25, -0.2) is 5.01 Å². The Hall–Kier alpha value is -1.59.